The molecule has 1 aliphatic heterocycles. The summed E-state index contributed by atoms with van der Waals surface area (Å²) in [6.07, 6.45) is 3.07. The normalized spacial score (nSPS) is 13.8. The Labute approximate surface area is 101 Å². The van der Waals surface area contributed by atoms with E-state index < -0.39 is 0 Å². The highest BCUT2D eigenvalue weighted by Gasteiger charge is 2.24. The van der Waals surface area contributed by atoms with Gasteiger partial charge in [-0.2, -0.15) is 0 Å². The highest BCUT2D eigenvalue weighted by molar-refractivity contribution is 5.86. The first kappa shape index (κ1) is 11.8. The van der Waals surface area contributed by atoms with Crippen molar-refractivity contribution in [3.63, 3.8) is 0 Å². The summed E-state index contributed by atoms with van der Waals surface area (Å²) < 4.78 is 18.3. The van der Waals surface area contributed by atoms with E-state index in [9.17, 15) is 0 Å². The van der Waals surface area contributed by atoms with Crippen molar-refractivity contribution in [1.29, 1.82) is 0 Å². The molecule has 92 valence electrons. The van der Waals surface area contributed by atoms with Crippen molar-refractivity contribution in [2.45, 2.75) is 6.42 Å². The minimum absolute atomic E-state index is 0.653. The molecule has 0 bridgehead atoms. The summed E-state index contributed by atoms with van der Waals surface area (Å²) in [4.78, 5) is 0. The molecular formula is C13H18NO3+. The fourth-order valence-corrected chi connectivity index (χ4v) is 2.16. The monoisotopic (exact) mass is 236 g/mol. The third-order valence-corrected chi connectivity index (χ3v) is 3.04. The minimum atomic E-state index is 0.653. The number of rotatable bonds is 3. The Bertz CT molecular complexity index is 466. The van der Waals surface area contributed by atoms with Gasteiger partial charge in [-0.25, -0.2) is 4.58 Å². The summed E-state index contributed by atoms with van der Waals surface area (Å²) >= 11 is 0. The van der Waals surface area contributed by atoms with E-state index in [2.05, 4.69) is 17.8 Å². The zero-order valence-electron chi connectivity index (χ0n) is 10.7. The van der Waals surface area contributed by atoms with Gasteiger partial charge in [-0.1, -0.05) is 0 Å². The van der Waals surface area contributed by atoms with Gasteiger partial charge in [-0.05, 0) is 11.6 Å². The second-order valence-corrected chi connectivity index (χ2v) is 4.08. The van der Waals surface area contributed by atoms with Crippen LogP contribution in [0.2, 0.25) is 0 Å². The lowest BCUT2D eigenvalue weighted by molar-refractivity contribution is -0.493. The fraction of sp³-hybridized carbons (Fsp3) is 0.462. The molecule has 0 N–H and O–H groups in total. The molecule has 1 aliphatic rings. The van der Waals surface area contributed by atoms with E-state index in [0.29, 0.717) is 5.75 Å². The average molecular weight is 236 g/mol. The Hall–Kier alpha value is -1.71. The van der Waals surface area contributed by atoms with Crippen molar-refractivity contribution in [1.82, 2.24) is 0 Å². The second kappa shape index (κ2) is 4.65. The van der Waals surface area contributed by atoms with Crippen LogP contribution in [0.25, 0.3) is 0 Å². The molecule has 0 saturated heterocycles. The lowest BCUT2D eigenvalue weighted by atomic mass is 10.00. The van der Waals surface area contributed by atoms with Crippen LogP contribution in [0.1, 0.15) is 11.1 Å². The van der Waals surface area contributed by atoms with Crippen molar-refractivity contribution in [2.24, 2.45) is 0 Å². The van der Waals surface area contributed by atoms with E-state index in [1.54, 1.807) is 21.3 Å². The van der Waals surface area contributed by atoms with Crippen LogP contribution in [0.5, 0.6) is 17.2 Å². The van der Waals surface area contributed by atoms with Gasteiger partial charge in [0.2, 0.25) is 5.75 Å². The number of ether oxygens (including phenoxy) is 3. The SMILES string of the molecule is COc1cc2c(c(OC)c1OC)C=[N+](C)CC2. The fourth-order valence-electron chi connectivity index (χ4n) is 2.16. The van der Waals surface area contributed by atoms with Gasteiger partial charge in [0.1, 0.15) is 13.6 Å². The number of fused-ring (bicyclic) bond motifs is 1. The van der Waals surface area contributed by atoms with Crippen LogP contribution < -0.4 is 14.2 Å². The third kappa shape index (κ3) is 1.95. The first-order chi connectivity index (χ1) is 8.21. The maximum absolute atomic E-state index is 5.46. The van der Waals surface area contributed by atoms with Gasteiger partial charge in [-0.15, -0.1) is 0 Å². The standard InChI is InChI=1S/C13H18NO3/c1-14-6-5-9-7-11(15-2)13(17-4)12(16-3)10(9)8-14/h7-8H,5-6H2,1-4H3/q+1. The van der Waals surface area contributed by atoms with Gasteiger partial charge < -0.3 is 14.2 Å². The third-order valence-electron chi connectivity index (χ3n) is 3.04. The molecule has 0 amide bonds. The predicted molar refractivity (Wildman–Crippen MR) is 66.0 cm³/mol. The van der Waals surface area contributed by atoms with E-state index in [1.165, 1.54) is 5.56 Å². The molecule has 0 aromatic heterocycles. The first-order valence-electron chi connectivity index (χ1n) is 5.58. The maximum Gasteiger partial charge on any atom is 0.204 e. The highest BCUT2D eigenvalue weighted by Crippen LogP contribution is 2.41. The molecule has 17 heavy (non-hydrogen) atoms. The smallest absolute Gasteiger partial charge is 0.204 e. The number of methoxy groups -OCH3 is 3. The number of likely N-dealkylation sites (N-methyl/N-ethyl adjacent to an activating group) is 1. The second-order valence-electron chi connectivity index (χ2n) is 4.08. The molecule has 0 radical (unpaired) electrons. The number of hydrogen-bond acceptors (Lipinski definition) is 3. The zero-order valence-corrected chi connectivity index (χ0v) is 10.7. The van der Waals surface area contributed by atoms with Crippen LogP contribution in [-0.4, -0.2) is 45.7 Å². The highest BCUT2D eigenvalue weighted by atomic mass is 16.5. The molecule has 2 rings (SSSR count). The summed E-state index contributed by atoms with van der Waals surface area (Å²) in [6, 6.07) is 2.03. The van der Waals surface area contributed by atoms with Crippen molar-refractivity contribution < 1.29 is 18.8 Å². The van der Waals surface area contributed by atoms with Gasteiger partial charge in [0.15, 0.2) is 17.7 Å². The molecule has 1 aromatic carbocycles. The quantitative estimate of drug-likeness (QED) is 0.742. The zero-order chi connectivity index (χ0) is 12.4. The molecule has 0 atom stereocenters. The summed E-state index contributed by atoms with van der Waals surface area (Å²) in [5.41, 5.74) is 2.32. The van der Waals surface area contributed by atoms with Crippen LogP contribution >= 0.6 is 0 Å². The molecule has 0 fully saturated rings. The molecule has 4 nitrogen and oxygen atoms in total. The molecule has 4 heteroatoms. The van der Waals surface area contributed by atoms with Crippen molar-refractivity contribution in [2.75, 3.05) is 34.9 Å². The Morgan fingerprint density at radius 1 is 1.06 bits per heavy atom. The minimum Gasteiger partial charge on any atom is -0.493 e. The Balaban J connectivity index is 2.67. The summed E-state index contributed by atoms with van der Waals surface area (Å²) in [7, 11) is 6.97. The Morgan fingerprint density at radius 3 is 2.35 bits per heavy atom. The molecule has 0 saturated carbocycles. The van der Waals surface area contributed by atoms with Crippen molar-refractivity contribution in [3.05, 3.63) is 17.2 Å². The largest absolute Gasteiger partial charge is 0.493 e. The number of benzene rings is 1. The molecule has 1 heterocycles. The van der Waals surface area contributed by atoms with Gasteiger partial charge in [0, 0.05) is 6.42 Å². The lowest BCUT2D eigenvalue weighted by Gasteiger charge is -2.18. The maximum atomic E-state index is 5.46. The van der Waals surface area contributed by atoms with E-state index in [1.807, 2.05) is 6.07 Å². The van der Waals surface area contributed by atoms with Crippen LogP contribution in [0.3, 0.4) is 0 Å². The predicted octanol–water partition coefficient (Wildman–Crippen LogP) is 1.33. The van der Waals surface area contributed by atoms with E-state index in [-0.39, 0.29) is 0 Å². The van der Waals surface area contributed by atoms with E-state index in [4.69, 9.17) is 14.2 Å². The molecule has 0 spiro atoms. The van der Waals surface area contributed by atoms with E-state index >= 15 is 0 Å². The van der Waals surface area contributed by atoms with Crippen LogP contribution in [0, 0.1) is 0 Å². The summed E-state index contributed by atoms with van der Waals surface area (Å²) in [5.74, 6) is 2.12. The van der Waals surface area contributed by atoms with Crippen molar-refractivity contribution in [3.8, 4) is 17.2 Å². The topological polar surface area (TPSA) is 30.7 Å². The number of hydrogen-bond donors (Lipinski definition) is 0. The van der Waals surface area contributed by atoms with Crippen molar-refractivity contribution >= 4 is 6.21 Å². The van der Waals surface area contributed by atoms with Crippen LogP contribution in [0.15, 0.2) is 6.07 Å². The van der Waals surface area contributed by atoms with Gasteiger partial charge >= 0.3 is 0 Å². The van der Waals surface area contributed by atoms with Gasteiger partial charge in [0.25, 0.3) is 0 Å². The van der Waals surface area contributed by atoms with Crippen LogP contribution in [-0.2, 0) is 6.42 Å². The molecule has 0 unspecified atom stereocenters. The van der Waals surface area contributed by atoms with Crippen LogP contribution in [0.4, 0.5) is 0 Å². The molecular weight excluding hydrogens is 218 g/mol. The van der Waals surface area contributed by atoms with E-state index in [0.717, 1.165) is 30.0 Å². The Kier molecular flexibility index (Phi) is 3.22. The number of nitrogens with zero attached hydrogens (tertiary/aromatic N) is 1. The summed E-state index contributed by atoms with van der Waals surface area (Å²) in [6.45, 7) is 1.01. The molecule has 0 aliphatic carbocycles. The Morgan fingerprint density at radius 2 is 1.76 bits per heavy atom. The first-order valence-corrected chi connectivity index (χ1v) is 5.58. The average Bonchev–Trinajstić information content (AvgIpc) is 2.36. The van der Waals surface area contributed by atoms with Gasteiger partial charge in [-0.3, -0.25) is 0 Å². The summed E-state index contributed by atoms with van der Waals surface area (Å²) in [5, 5.41) is 0. The van der Waals surface area contributed by atoms with Gasteiger partial charge in [0.05, 0.1) is 26.9 Å². The lowest BCUT2D eigenvalue weighted by Crippen LogP contribution is -2.19. The molecule has 1 aromatic rings.